The van der Waals surface area contributed by atoms with Crippen LogP contribution in [0.4, 0.5) is 16.2 Å². The summed E-state index contributed by atoms with van der Waals surface area (Å²) in [5.41, 5.74) is 3.21. The van der Waals surface area contributed by atoms with Gasteiger partial charge in [0.15, 0.2) is 6.10 Å². The zero-order valence-electron chi connectivity index (χ0n) is 31.7. The van der Waals surface area contributed by atoms with Crippen molar-refractivity contribution in [3.05, 3.63) is 57.6 Å². The summed E-state index contributed by atoms with van der Waals surface area (Å²) < 4.78 is 0. The SMILES string of the molecule is O=C(NCCCCc1cc(Cl)c(CNC2(C(=O)N3CCN(C4CC4)c4ccccc43)CC2)cc1Cl)NCCCC[C@@H](NC[C@H](O)[C@@H](O)[C@H](O)[C@H](O)C(=O)O)C(=O)O. The number of carbonyl (C=O) groups is 4. The summed E-state index contributed by atoms with van der Waals surface area (Å²) in [5, 5.41) is 69.8. The number of anilines is 2. The molecule has 2 aliphatic carbocycles. The average Bonchev–Trinajstić information content (AvgIpc) is 4.14. The second-order valence-corrected chi connectivity index (χ2v) is 15.9. The van der Waals surface area contributed by atoms with Crippen LogP contribution in [0.5, 0.6) is 0 Å². The standard InChI is InChI=1S/C39H54Cl2N6O10/c40-26-20-24(21-45-39(13-14-39)37(56)47-18-17-46(25-11-12-25)29-9-1-2-10-30(29)47)27(41)19-23(26)7-3-5-15-42-38(57)43-16-6-4-8-28(35(52)53)44-22-31(48)32(49)33(50)34(51)36(54)55/h1-2,9-10,19-20,25,28,31-34,44-45,48-51H,3-8,11-18,21-22H2,(H,52,53)(H,54,55)(H2,42,43,57)/t28-,31+,32-,33+,34+/m1/s1. The Morgan fingerprint density at radius 3 is 2.07 bits per heavy atom. The Kier molecular flexibility index (Phi) is 15.8. The number of carbonyl (C=O) groups excluding carboxylic acids is 2. The molecule has 0 radical (unpaired) electrons. The first-order valence-corrected chi connectivity index (χ1v) is 20.3. The lowest BCUT2D eigenvalue weighted by molar-refractivity contribution is -0.162. The van der Waals surface area contributed by atoms with Crippen molar-refractivity contribution in [3.8, 4) is 0 Å². The van der Waals surface area contributed by atoms with Crippen LogP contribution in [0.15, 0.2) is 36.4 Å². The number of rotatable bonds is 23. The number of nitrogens with zero attached hydrogens (tertiary/aromatic N) is 2. The number of nitrogens with one attached hydrogen (secondary N) is 4. The van der Waals surface area contributed by atoms with Crippen molar-refractivity contribution in [2.75, 3.05) is 42.5 Å². The van der Waals surface area contributed by atoms with Gasteiger partial charge in [-0.15, -0.1) is 0 Å². The molecule has 2 aromatic rings. The fraction of sp³-hybridized carbons (Fsp3) is 0.590. The smallest absolute Gasteiger partial charge is 0.335 e. The maximum atomic E-state index is 13.9. The number of para-hydroxylation sites is 2. The third kappa shape index (κ3) is 11.9. The number of aliphatic carboxylic acids is 2. The van der Waals surface area contributed by atoms with Gasteiger partial charge >= 0.3 is 18.0 Å². The summed E-state index contributed by atoms with van der Waals surface area (Å²) in [5.74, 6) is -2.91. The molecule has 5 rings (SSSR count). The molecule has 0 aromatic heterocycles. The lowest BCUT2D eigenvalue weighted by atomic mass is 10.0. The molecule has 0 saturated heterocycles. The van der Waals surface area contributed by atoms with Crippen molar-refractivity contribution in [3.63, 3.8) is 0 Å². The van der Waals surface area contributed by atoms with Gasteiger partial charge in [-0.1, -0.05) is 35.3 Å². The van der Waals surface area contributed by atoms with Crippen LogP contribution >= 0.6 is 23.2 Å². The predicted molar refractivity (Wildman–Crippen MR) is 214 cm³/mol. The van der Waals surface area contributed by atoms with Crippen LogP contribution in [0.2, 0.25) is 10.0 Å². The monoisotopic (exact) mass is 836 g/mol. The van der Waals surface area contributed by atoms with E-state index < -0.39 is 54.5 Å². The summed E-state index contributed by atoms with van der Waals surface area (Å²) in [6, 6.07) is 11.0. The van der Waals surface area contributed by atoms with Gasteiger partial charge in [0, 0.05) is 55.4 Å². The number of halogens is 2. The van der Waals surface area contributed by atoms with Crippen molar-refractivity contribution < 1.29 is 49.8 Å². The lowest BCUT2D eigenvalue weighted by Crippen LogP contribution is -2.53. The van der Waals surface area contributed by atoms with E-state index >= 15 is 0 Å². The first-order valence-electron chi connectivity index (χ1n) is 19.5. The van der Waals surface area contributed by atoms with Crippen molar-refractivity contribution >= 4 is 58.5 Å². The molecule has 5 atom stereocenters. The Morgan fingerprint density at radius 1 is 0.807 bits per heavy atom. The number of unbranched alkanes of at least 4 members (excludes halogenated alkanes) is 2. The predicted octanol–water partition coefficient (Wildman–Crippen LogP) is 1.99. The van der Waals surface area contributed by atoms with Gasteiger partial charge in [0.25, 0.3) is 0 Å². The zero-order chi connectivity index (χ0) is 41.3. The normalized spacial score (nSPS) is 18.5. The Bertz CT molecular complexity index is 1730. The molecule has 18 heteroatoms. The second kappa shape index (κ2) is 20.3. The molecule has 0 bridgehead atoms. The van der Waals surface area contributed by atoms with E-state index in [9.17, 15) is 44.7 Å². The van der Waals surface area contributed by atoms with Crippen LogP contribution < -0.4 is 31.1 Å². The first kappa shape index (κ1) is 44.4. The number of urea groups is 1. The molecule has 0 unspecified atom stereocenters. The highest BCUT2D eigenvalue weighted by Crippen LogP contribution is 2.44. The van der Waals surface area contributed by atoms with E-state index in [0.29, 0.717) is 61.4 Å². The highest BCUT2D eigenvalue weighted by molar-refractivity contribution is 6.34. The van der Waals surface area contributed by atoms with E-state index in [1.54, 1.807) is 0 Å². The van der Waals surface area contributed by atoms with Gasteiger partial charge in [-0.05, 0) is 99.6 Å². The Labute approximate surface area is 341 Å². The van der Waals surface area contributed by atoms with E-state index in [4.69, 9.17) is 28.3 Å². The summed E-state index contributed by atoms with van der Waals surface area (Å²) in [4.78, 5) is 52.9. The fourth-order valence-corrected chi connectivity index (χ4v) is 7.60. The van der Waals surface area contributed by atoms with Crippen molar-refractivity contribution in [2.45, 2.75) is 113 Å². The Balaban J connectivity index is 0.957. The number of carboxylic acids is 2. The number of benzene rings is 2. The number of aliphatic hydroxyl groups excluding tert-OH is 4. The largest absolute Gasteiger partial charge is 0.480 e. The van der Waals surface area contributed by atoms with Gasteiger partial charge in [0.2, 0.25) is 5.91 Å². The number of aliphatic hydroxyl groups is 4. The van der Waals surface area contributed by atoms with Crippen molar-refractivity contribution in [1.29, 1.82) is 0 Å². The summed E-state index contributed by atoms with van der Waals surface area (Å²) in [6.07, 6.45) is -1.27. The molecule has 3 amide bonds. The number of hydrogen-bond donors (Lipinski definition) is 10. The third-order valence-corrected chi connectivity index (χ3v) is 11.5. The molecule has 1 aliphatic heterocycles. The van der Waals surface area contributed by atoms with Gasteiger partial charge in [-0.2, -0.15) is 0 Å². The van der Waals surface area contributed by atoms with Crippen LogP contribution in [-0.4, -0.2) is 129 Å². The zero-order valence-corrected chi connectivity index (χ0v) is 33.2. The average molecular weight is 838 g/mol. The molecule has 314 valence electrons. The minimum atomic E-state index is -2.32. The van der Waals surface area contributed by atoms with Crippen LogP contribution in [0.1, 0.15) is 68.9 Å². The van der Waals surface area contributed by atoms with Gasteiger partial charge in [0.1, 0.15) is 18.2 Å². The number of carboxylic acid groups (broad SMARTS) is 2. The fourth-order valence-electron chi connectivity index (χ4n) is 7.07. The van der Waals surface area contributed by atoms with Gasteiger partial charge < -0.3 is 56.4 Å². The highest BCUT2D eigenvalue weighted by atomic mass is 35.5. The molecule has 0 spiro atoms. The van der Waals surface area contributed by atoms with Gasteiger partial charge in [-0.25, -0.2) is 9.59 Å². The molecular weight excluding hydrogens is 783 g/mol. The molecule has 1 heterocycles. The van der Waals surface area contributed by atoms with Crippen LogP contribution in [0.3, 0.4) is 0 Å². The molecular formula is C39H54Cl2N6O10. The second-order valence-electron chi connectivity index (χ2n) is 15.1. The Hall–Kier alpha value is -3.74. The lowest BCUT2D eigenvalue weighted by Gasteiger charge is -2.39. The molecule has 10 N–H and O–H groups in total. The van der Waals surface area contributed by atoms with Crippen molar-refractivity contribution in [2.24, 2.45) is 0 Å². The summed E-state index contributed by atoms with van der Waals surface area (Å²) in [6.45, 7) is 2.14. The minimum Gasteiger partial charge on any atom is -0.480 e. The van der Waals surface area contributed by atoms with Gasteiger partial charge in [0.05, 0.1) is 23.0 Å². The van der Waals surface area contributed by atoms with E-state index in [1.165, 1.54) is 12.8 Å². The minimum absolute atomic E-state index is 0.0983. The number of amides is 3. The maximum Gasteiger partial charge on any atom is 0.335 e. The van der Waals surface area contributed by atoms with E-state index in [2.05, 4.69) is 32.2 Å². The summed E-state index contributed by atoms with van der Waals surface area (Å²) >= 11 is 13.4. The molecule has 57 heavy (non-hydrogen) atoms. The van der Waals surface area contributed by atoms with Crippen LogP contribution in [0, 0.1) is 0 Å². The van der Waals surface area contributed by atoms with E-state index in [0.717, 1.165) is 48.3 Å². The van der Waals surface area contributed by atoms with E-state index in [1.807, 2.05) is 35.2 Å². The Morgan fingerprint density at radius 2 is 1.44 bits per heavy atom. The third-order valence-electron chi connectivity index (χ3n) is 10.8. The number of hydrogen-bond acceptors (Lipinski definition) is 11. The highest BCUT2D eigenvalue weighted by Gasteiger charge is 2.52. The van der Waals surface area contributed by atoms with Gasteiger partial charge in [-0.3, -0.25) is 14.9 Å². The molecule has 16 nitrogen and oxygen atoms in total. The molecule has 3 aliphatic rings. The summed E-state index contributed by atoms with van der Waals surface area (Å²) in [7, 11) is 0. The van der Waals surface area contributed by atoms with E-state index in [-0.39, 0.29) is 24.9 Å². The first-order chi connectivity index (χ1) is 27.2. The molecule has 2 saturated carbocycles. The number of fused-ring (bicyclic) bond motifs is 1. The van der Waals surface area contributed by atoms with Crippen molar-refractivity contribution in [1.82, 2.24) is 21.3 Å². The van der Waals surface area contributed by atoms with Crippen LogP contribution in [0.25, 0.3) is 0 Å². The number of aryl methyl sites for hydroxylation is 1. The quantitative estimate of drug-likeness (QED) is 0.0722. The topological polar surface area (TPSA) is 244 Å². The van der Waals surface area contributed by atoms with Crippen LogP contribution in [-0.2, 0) is 27.3 Å². The molecule has 2 fully saturated rings. The molecule has 2 aromatic carbocycles. The maximum absolute atomic E-state index is 13.9.